The third-order valence-corrected chi connectivity index (χ3v) is 6.52. The molecule has 0 aromatic rings. The number of rotatable bonds is 4. The number of nitrogens with zero attached hydrogens (tertiary/aromatic N) is 4. The van der Waals surface area contributed by atoms with Crippen LogP contribution in [0.2, 0.25) is 0 Å². The van der Waals surface area contributed by atoms with Gasteiger partial charge in [0.25, 0.3) is 0 Å². The van der Waals surface area contributed by atoms with Crippen molar-refractivity contribution < 1.29 is 0 Å². The number of fused-ring (bicyclic) bond motifs is 3. The first-order chi connectivity index (χ1) is 11.8. The summed E-state index contributed by atoms with van der Waals surface area (Å²) in [7, 11) is 1.90. The van der Waals surface area contributed by atoms with Gasteiger partial charge in [-0.25, -0.2) is 0 Å². The SMILES string of the molecule is CN=C(NCC1CN2CCN1CC2)NC1CCN(C2CCCC2)C1. The number of likely N-dealkylation sites (tertiary alicyclic amines) is 1. The molecule has 0 radical (unpaired) electrons. The van der Waals surface area contributed by atoms with Crippen molar-refractivity contribution in [3.8, 4) is 0 Å². The first-order valence-electron chi connectivity index (χ1n) is 9.99. The highest BCUT2D eigenvalue weighted by Gasteiger charge is 2.32. The summed E-state index contributed by atoms with van der Waals surface area (Å²) in [5.74, 6) is 0.992. The second-order valence-corrected chi connectivity index (χ2v) is 8.01. The number of piperazine rings is 3. The Morgan fingerprint density at radius 1 is 0.958 bits per heavy atom. The lowest BCUT2D eigenvalue weighted by Gasteiger charge is -2.47. The van der Waals surface area contributed by atoms with Gasteiger partial charge in [0, 0.05) is 77.5 Å². The van der Waals surface area contributed by atoms with Crippen LogP contribution in [0.3, 0.4) is 0 Å². The Bertz CT molecular complexity index is 439. The highest BCUT2D eigenvalue weighted by Crippen LogP contribution is 2.26. The summed E-state index contributed by atoms with van der Waals surface area (Å²) in [4.78, 5) is 12.4. The standard InChI is InChI=1S/C18H34N6/c1-19-18(20-12-17-14-22-8-10-23(17)11-9-22)21-15-6-7-24(13-15)16-4-2-3-5-16/h15-17H,2-14H2,1H3,(H2,19,20,21). The number of guanidine groups is 1. The molecule has 0 aromatic heterocycles. The van der Waals surface area contributed by atoms with Crippen molar-refractivity contribution in [2.75, 3.05) is 59.4 Å². The van der Waals surface area contributed by atoms with Crippen LogP contribution in [0.15, 0.2) is 4.99 Å². The zero-order valence-corrected chi connectivity index (χ0v) is 15.2. The molecule has 4 aliphatic heterocycles. The van der Waals surface area contributed by atoms with Gasteiger partial charge in [-0.3, -0.25) is 19.7 Å². The molecule has 4 saturated heterocycles. The van der Waals surface area contributed by atoms with Crippen molar-refractivity contribution >= 4 is 5.96 Å². The Morgan fingerprint density at radius 3 is 2.42 bits per heavy atom. The van der Waals surface area contributed by atoms with E-state index in [0.29, 0.717) is 12.1 Å². The largest absolute Gasteiger partial charge is 0.355 e. The average Bonchev–Trinajstić information content (AvgIpc) is 3.31. The molecule has 6 heteroatoms. The maximum atomic E-state index is 4.46. The van der Waals surface area contributed by atoms with Crippen LogP contribution in [-0.2, 0) is 0 Å². The van der Waals surface area contributed by atoms with Crippen LogP contribution in [0.25, 0.3) is 0 Å². The topological polar surface area (TPSA) is 46.1 Å². The molecule has 0 aromatic carbocycles. The Hall–Kier alpha value is -0.850. The Kier molecular flexibility index (Phi) is 5.25. The van der Waals surface area contributed by atoms with Crippen LogP contribution in [0, 0.1) is 0 Å². The zero-order chi connectivity index (χ0) is 16.4. The molecule has 5 rings (SSSR count). The van der Waals surface area contributed by atoms with E-state index < -0.39 is 0 Å². The van der Waals surface area contributed by atoms with Crippen LogP contribution in [0.4, 0.5) is 0 Å². The molecular formula is C18H34N6. The van der Waals surface area contributed by atoms with Gasteiger partial charge in [0.05, 0.1) is 0 Å². The van der Waals surface area contributed by atoms with Crippen molar-refractivity contribution in [1.29, 1.82) is 0 Å². The van der Waals surface area contributed by atoms with Crippen molar-refractivity contribution in [3.05, 3.63) is 0 Å². The van der Waals surface area contributed by atoms with Crippen LogP contribution in [0.5, 0.6) is 0 Å². The lowest BCUT2D eigenvalue weighted by molar-refractivity contribution is 0.0154. The van der Waals surface area contributed by atoms with Crippen LogP contribution in [-0.4, -0.2) is 98.2 Å². The molecule has 1 aliphatic carbocycles. The molecule has 0 amide bonds. The van der Waals surface area contributed by atoms with Gasteiger partial charge in [-0.1, -0.05) is 12.8 Å². The molecule has 24 heavy (non-hydrogen) atoms. The Balaban J connectivity index is 1.22. The lowest BCUT2D eigenvalue weighted by Crippen LogP contribution is -2.64. The average molecular weight is 335 g/mol. The van der Waals surface area contributed by atoms with Crippen molar-refractivity contribution in [2.24, 2.45) is 4.99 Å². The van der Waals surface area contributed by atoms with E-state index in [9.17, 15) is 0 Å². The summed E-state index contributed by atoms with van der Waals surface area (Å²) in [5.41, 5.74) is 0. The lowest BCUT2D eigenvalue weighted by atomic mass is 10.1. The van der Waals surface area contributed by atoms with E-state index >= 15 is 0 Å². The van der Waals surface area contributed by atoms with E-state index in [4.69, 9.17) is 0 Å². The molecule has 1 saturated carbocycles. The molecule has 6 nitrogen and oxygen atoms in total. The predicted molar refractivity (Wildman–Crippen MR) is 98.5 cm³/mol. The molecule has 5 aliphatic rings. The van der Waals surface area contributed by atoms with Gasteiger partial charge < -0.3 is 10.6 Å². The third kappa shape index (κ3) is 3.70. The van der Waals surface area contributed by atoms with Gasteiger partial charge in [-0.15, -0.1) is 0 Å². The van der Waals surface area contributed by atoms with E-state index in [1.54, 1.807) is 0 Å². The maximum Gasteiger partial charge on any atom is 0.191 e. The summed E-state index contributed by atoms with van der Waals surface area (Å²) >= 11 is 0. The molecule has 2 bridgehead atoms. The van der Waals surface area contributed by atoms with Crippen LogP contribution < -0.4 is 10.6 Å². The van der Waals surface area contributed by atoms with Crippen molar-refractivity contribution in [1.82, 2.24) is 25.3 Å². The monoisotopic (exact) mass is 334 g/mol. The molecule has 2 N–H and O–H groups in total. The fraction of sp³-hybridized carbons (Fsp3) is 0.944. The summed E-state index contributed by atoms with van der Waals surface area (Å²) in [5, 5.41) is 7.26. The normalized spacial score (nSPS) is 38.0. The van der Waals surface area contributed by atoms with Gasteiger partial charge >= 0.3 is 0 Å². The number of hydrogen-bond acceptors (Lipinski definition) is 4. The molecule has 2 atom stereocenters. The fourth-order valence-corrected chi connectivity index (χ4v) is 5.03. The molecule has 4 heterocycles. The van der Waals surface area contributed by atoms with Crippen LogP contribution in [0.1, 0.15) is 32.1 Å². The smallest absolute Gasteiger partial charge is 0.191 e. The third-order valence-electron chi connectivity index (χ3n) is 6.52. The molecule has 136 valence electrons. The molecule has 0 spiro atoms. The van der Waals surface area contributed by atoms with E-state index in [1.807, 2.05) is 7.05 Å². The molecule has 2 unspecified atom stereocenters. The van der Waals surface area contributed by atoms with Gasteiger partial charge in [0.2, 0.25) is 0 Å². The predicted octanol–water partition coefficient (Wildman–Crippen LogP) is 0.168. The minimum Gasteiger partial charge on any atom is -0.355 e. The quantitative estimate of drug-likeness (QED) is 0.567. The van der Waals surface area contributed by atoms with Crippen molar-refractivity contribution in [3.63, 3.8) is 0 Å². The minimum atomic E-state index is 0.559. The number of nitrogens with one attached hydrogen (secondary N) is 2. The maximum absolute atomic E-state index is 4.46. The van der Waals surface area contributed by atoms with Crippen molar-refractivity contribution in [2.45, 2.75) is 50.2 Å². The van der Waals surface area contributed by atoms with E-state index in [1.165, 1.54) is 77.9 Å². The zero-order valence-electron chi connectivity index (χ0n) is 15.2. The number of aliphatic imine (C=N–C) groups is 1. The first-order valence-corrected chi connectivity index (χ1v) is 9.99. The second kappa shape index (κ2) is 7.58. The minimum absolute atomic E-state index is 0.559. The highest BCUT2D eigenvalue weighted by molar-refractivity contribution is 5.80. The van der Waals surface area contributed by atoms with E-state index in [-0.39, 0.29) is 0 Å². The summed E-state index contributed by atoms with van der Waals surface area (Å²) in [6.07, 6.45) is 6.93. The summed E-state index contributed by atoms with van der Waals surface area (Å²) < 4.78 is 0. The van der Waals surface area contributed by atoms with Gasteiger partial charge in [0.1, 0.15) is 0 Å². The van der Waals surface area contributed by atoms with Gasteiger partial charge in [-0.05, 0) is 19.3 Å². The first kappa shape index (κ1) is 16.6. The van der Waals surface area contributed by atoms with Gasteiger partial charge in [-0.2, -0.15) is 0 Å². The van der Waals surface area contributed by atoms with E-state index in [2.05, 4.69) is 30.3 Å². The van der Waals surface area contributed by atoms with E-state index in [0.717, 1.165) is 18.5 Å². The molecular weight excluding hydrogens is 300 g/mol. The summed E-state index contributed by atoms with van der Waals surface area (Å²) in [6, 6.07) is 2.06. The number of hydrogen-bond donors (Lipinski definition) is 2. The van der Waals surface area contributed by atoms with Crippen LogP contribution >= 0.6 is 0 Å². The summed E-state index contributed by atoms with van der Waals surface area (Å²) in [6.45, 7) is 9.64. The fourth-order valence-electron chi connectivity index (χ4n) is 5.03. The van der Waals surface area contributed by atoms with Gasteiger partial charge in [0.15, 0.2) is 5.96 Å². The highest BCUT2D eigenvalue weighted by atomic mass is 15.4. The second-order valence-electron chi connectivity index (χ2n) is 8.01. The molecule has 5 fully saturated rings. The Labute approximate surface area is 146 Å². The Morgan fingerprint density at radius 2 is 1.75 bits per heavy atom.